The number of allylic oxidation sites excluding steroid dienone is 4. The van der Waals surface area contributed by atoms with Crippen LogP contribution in [-0.2, 0) is 6.42 Å². The number of halogens is 2. The van der Waals surface area contributed by atoms with Gasteiger partial charge in [0.25, 0.3) is 0 Å². The molecule has 1 aliphatic carbocycles. The van der Waals surface area contributed by atoms with E-state index in [0.29, 0.717) is 11.5 Å². The molecule has 2 aromatic carbocycles. The topological polar surface area (TPSA) is 0 Å². The van der Waals surface area contributed by atoms with E-state index in [1.165, 1.54) is 5.56 Å². The Hall–Kier alpha value is -2.22. The molecule has 29 heavy (non-hydrogen) atoms. The first-order valence-corrected chi connectivity index (χ1v) is 10.9. The van der Waals surface area contributed by atoms with Gasteiger partial charge in [-0.25, -0.2) is 8.78 Å². The van der Waals surface area contributed by atoms with E-state index in [1.807, 2.05) is 25.1 Å². The van der Waals surface area contributed by atoms with Crippen molar-refractivity contribution in [1.82, 2.24) is 0 Å². The summed E-state index contributed by atoms with van der Waals surface area (Å²) in [4.78, 5) is 0. The Morgan fingerprint density at radius 3 is 2.45 bits per heavy atom. The first-order valence-electron chi connectivity index (χ1n) is 10.9. The van der Waals surface area contributed by atoms with Crippen LogP contribution < -0.4 is 0 Å². The highest BCUT2D eigenvalue weighted by atomic mass is 19.2. The van der Waals surface area contributed by atoms with Crippen molar-refractivity contribution in [1.29, 1.82) is 0 Å². The Morgan fingerprint density at radius 1 is 1.00 bits per heavy atom. The van der Waals surface area contributed by atoms with E-state index < -0.39 is 11.7 Å². The lowest BCUT2D eigenvalue weighted by Crippen LogP contribution is -2.15. The molecule has 3 rings (SSSR count). The Labute approximate surface area is 174 Å². The average molecular weight is 395 g/mol. The highest BCUT2D eigenvalue weighted by molar-refractivity contribution is 5.86. The van der Waals surface area contributed by atoms with Gasteiger partial charge in [0, 0.05) is 11.5 Å². The lowest BCUT2D eigenvalue weighted by Gasteiger charge is -2.27. The van der Waals surface area contributed by atoms with Gasteiger partial charge in [-0.1, -0.05) is 48.6 Å². The zero-order chi connectivity index (χ0) is 20.6. The van der Waals surface area contributed by atoms with E-state index in [-0.39, 0.29) is 5.92 Å². The third-order valence-corrected chi connectivity index (χ3v) is 6.19. The predicted molar refractivity (Wildman–Crippen MR) is 121 cm³/mol. The smallest absolute Gasteiger partial charge is 0.162 e. The largest absolute Gasteiger partial charge is 0.208 e. The minimum absolute atomic E-state index is 0.273. The molecule has 2 aromatic rings. The summed E-state index contributed by atoms with van der Waals surface area (Å²) in [5.41, 5.74) is 1.59. The van der Waals surface area contributed by atoms with E-state index in [1.54, 1.807) is 12.1 Å². The maximum absolute atomic E-state index is 14.9. The van der Waals surface area contributed by atoms with Crippen LogP contribution >= 0.6 is 0 Å². The van der Waals surface area contributed by atoms with Crippen LogP contribution in [0, 0.1) is 11.8 Å². The third-order valence-electron chi connectivity index (χ3n) is 6.19. The summed E-state index contributed by atoms with van der Waals surface area (Å²) in [5.74, 6) is -0.863. The van der Waals surface area contributed by atoms with Gasteiger partial charge in [0.1, 0.15) is 5.83 Å². The van der Waals surface area contributed by atoms with Crippen LogP contribution in [0.15, 0.2) is 67.0 Å². The van der Waals surface area contributed by atoms with Crippen molar-refractivity contribution in [2.24, 2.45) is 11.8 Å². The molecule has 1 aliphatic rings. The first kappa shape index (κ1) is 21.5. The molecular formula is C27H32F2. The first-order chi connectivity index (χ1) is 14.1. The molecule has 154 valence electrons. The van der Waals surface area contributed by atoms with E-state index in [9.17, 15) is 8.78 Å². The molecule has 0 N–H and O–H groups in total. The van der Waals surface area contributed by atoms with E-state index in [4.69, 9.17) is 0 Å². The van der Waals surface area contributed by atoms with Crippen molar-refractivity contribution in [2.75, 3.05) is 0 Å². The molecule has 0 aromatic heterocycles. The van der Waals surface area contributed by atoms with E-state index in [2.05, 4.69) is 30.9 Å². The van der Waals surface area contributed by atoms with Crippen molar-refractivity contribution in [3.05, 3.63) is 78.2 Å². The van der Waals surface area contributed by atoms with Crippen molar-refractivity contribution in [2.45, 2.75) is 58.3 Å². The van der Waals surface area contributed by atoms with Gasteiger partial charge < -0.3 is 0 Å². The second kappa shape index (κ2) is 10.5. The molecule has 0 spiro atoms. The molecule has 0 radical (unpaired) electrons. The molecular weight excluding hydrogens is 362 g/mol. The second-order valence-corrected chi connectivity index (χ2v) is 8.25. The summed E-state index contributed by atoms with van der Waals surface area (Å²) < 4.78 is 29.8. The van der Waals surface area contributed by atoms with Crippen molar-refractivity contribution in [3.8, 4) is 0 Å². The minimum atomic E-state index is -0.681. The second-order valence-electron chi connectivity index (χ2n) is 8.25. The molecule has 0 atom stereocenters. The standard InChI is InChI=1S/C27H32F2/c1-3-5-7-9-20-10-13-22(14-11-20)26(28)27(29)25-17-16-23-18-21(8-6-4-2)12-15-24(23)19-25/h3-5,12,15-20,22H,2,6-11,13-14H2,1H3/b5-3+,27-26?. The molecule has 0 aliphatic heterocycles. The fraction of sp³-hybridized carbons (Fsp3) is 0.407. The average Bonchev–Trinajstić information content (AvgIpc) is 2.77. The molecule has 0 saturated heterocycles. The Bertz CT molecular complexity index is 883. The van der Waals surface area contributed by atoms with Crippen LogP contribution in [-0.4, -0.2) is 0 Å². The third kappa shape index (κ3) is 5.65. The molecule has 0 amide bonds. The summed E-state index contributed by atoms with van der Waals surface area (Å²) in [5, 5.41) is 2.01. The molecule has 0 nitrogen and oxygen atoms in total. The van der Waals surface area contributed by atoms with Crippen LogP contribution in [0.2, 0.25) is 0 Å². The van der Waals surface area contributed by atoms with Crippen molar-refractivity contribution < 1.29 is 8.78 Å². The van der Waals surface area contributed by atoms with Gasteiger partial charge in [-0.05, 0) is 86.6 Å². The Balaban J connectivity index is 1.69. The summed E-state index contributed by atoms with van der Waals surface area (Å²) >= 11 is 0. The van der Waals surface area contributed by atoms with Gasteiger partial charge in [-0.3, -0.25) is 0 Å². The molecule has 1 saturated carbocycles. The lowest BCUT2D eigenvalue weighted by molar-refractivity contribution is 0.263. The number of fused-ring (bicyclic) bond motifs is 1. The number of aryl methyl sites for hydroxylation is 1. The number of hydrogen-bond acceptors (Lipinski definition) is 0. The van der Waals surface area contributed by atoms with Crippen LogP contribution in [0.4, 0.5) is 8.78 Å². The van der Waals surface area contributed by atoms with Crippen LogP contribution in [0.1, 0.15) is 63.0 Å². The number of hydrogen-bond donors (Lipinski definition) is 0. The van der Waals surface area contributed by atoms with Gasteiger partial charge in [-0.15, -0.1) is 6.58 Å². The monoisotopic (exact) mass is 394 g/mol. The van der Waals surface area contributed by atoms with E-state index in [0.717, 1.165) is 62.1 Å². The van der Waals surface area contributed by atoms with E-state index >= 15 is 0 Å². The molecule has 0 bridgehead atoms. The quantitative estimate of drug-likeness (QED) is 0.393. The normalized spacial score (nSPS) is 20.8. The summed E-state index contributed by atoms with van der Waals surface area (Å²) in [7, 11) is 0. The summed E-state index contributed by atoms with van der Waals surface area (Å²) in [6.07, 6.45) is 13.8. The highest BCUT2D eigenvalue weighted by Crippen LogP contribution is 2.39. The van der Waals surface area contributed by atoms with Gasteiger partial charge in [0.05, 0.1) is 0 Å². The summed E-state index contributed by atoms with van der Waals surface area (Å²) in [6, 6.07) is 11.5. The molecule has 0 heterocycles. The maximum Gasteiger partial charge on any atom is 0.162 e. The van der Waals surface area contributed by atoms with Gasteiger partial charge >= 0.3 is 0 Å². The fourth-order valence-corrected chi connectivity index (χ4v) is 4.38. The zero-order valence-corrected chi connectivity index (χ0v) is 17.5. The Kier molecular flexibility index (Phi) is 7.80. The van der Waals surface area contributed by atoms with Crippen molar-refractivity contribution >= 4 is 16.6 Å². The predicted octanol–water partition coefficient (Wildman–Crippen LogP) is 8.73. The maximum atomic E-state index is 14.9. The van der Waals surface area contributed by atoms with Crippen LogP contribution in [0.25, 0.3) is 16.6 Å². The Morgan fingerprint density at radius 2 is 1.72 bits per heavy atom. The SMILES string of the molecule is C=CCCc1ccc2cc(C(F)=C(F)C3CCC(CC/C=C/C)CC3)ccc2c1. The van der Waals surface area contributed by atoms with Gasteiger partial charge in [0.2, 0.25) is 0 Å². The molecule has 1 fully saturated rings. The van der Waals surface area contributed by atoms with Crippen LogP contribution in [0.3, 0.4) is 0 Å². The summed E-state index contributed by atoms with van der Waals surface area (Å²) in [6.45, 7) is 5.80. The van der Waals surface area contributed by atoms with Crippen LogP contribution in [0.5, 0.6) is 0 Å². The van der Waals surface area contributed by atoms with Gasteiger partial charge in [0.15, 0.2) is 5.83 Å². The number of rotatable bonds is 8. The van der Waals surface area contributed by atoms with Crippen molar-refractivity contribution in [3.63, 3.8) is 0 Å². The molecule has 0 unspecified atom stereocenters. The minimum Gasteiger partial charge on any atom is -0.208 e. The van der Waals surface area contributed by atoms with Gasteiger partial charge in [-0.2, -0.15) is 0 Å². The lowest BCUT2D eigenvalue weighted by atomic mass is 9.79. The zero-order valence-electron chi connectivity index (χ0n) is 17.5. The fourth-order valence-electron chi connectivity index (χ4n) is 4.38. The number of benzene rings is 2. The highest BCUT2D eigenvalue weighted by Gasteiger charge is 2.26. The molecule has 2 heteroatoms.